The predicted molar refractivity (Wildman–Crippen MR) is 88.7 cm³/mol. The van der Waals surface area contributed by atoms with Gasteiger partial charge in [-0.25, -0.2) is 0 Å². The van der Waals surface area contributed by atoms with E-state index in [1.165, 1.54) is 32.1 Å². The second kappa shape index (κ2) is 8.71. The fraction of sp³-hybridized carbons (Fsp3) is 0.611. The molecule has 0 bridgehead atoms. The Morgan fingerprint density at radius 2 is 1.86 bits per heavy atom. The molecule has 3 nitrogen and oxygen atoms in total. The van der Waals surface area contributed by atoms with Crippen LogP contribution in [0.15, 0.2) is 24.3 Å². The summed E-state index contributed by atoms with van der Waals surface area (Å²) in [5, 5.41) is 6.34. The van der Waals surface area contributed by atoms with Gasteiger partial charge in [0.05, 0.1) is 0 Å². The molecule has 3 heteroatoms. The van der Waals surface area contributed by atoms with Crippen molar-refractivity contribution in [3.05, 3.63) is 29.8 Å². The van der Waals surface area contributed by atoms with E-state index in [4.69, 9.17) is 0 Å². The smallest absolute Gasteiger partial charge is 0.251 e. The van der Waals surface area contributed by atoms with Crippen molar-refractivity contribution in [1.29, 1.82) is 0 Å². The van der Waals surface area contributed by atoms with Gasteiger partial charge in [0, 0.05) is 24.3 Å². The lowest BCUT2D eigenvalue weighted by Crippen LogP contribution is -2.24. The number of benzene rings is 1. The molecule has 2 N–H and O–H groups in total. The maximum atomic E-state index is 12.0. The number of hydrogen-bond acceptors (Lipinski definition) is 2. The normalized spacial score (nSPS) is 15.1. The van der Waals surface area contributed by atoms with Gasteiger partial charge in [-0.2, -0.15) is 0 Å². The summed E-state index contributed by atoms with van der Waals surface area (Å²) in [6.45, 7) is 3.90. The monoisotopic (exact) mass is 288 g/mol. The molecule has 116 valence electrons. The number of carbonyl (C=O) groups is 1. The fourth-order valence-corrected chi connectivity index (χ4v) is 3.00. The molecular formula is C18H28N2O. The molecule has 1 aliphatic carbocycles. The number of carbonyl (C=O) groups excluding carboxylic acids is 1. The minimum absolute atomic E-state index is 0.0449. The molecule has 0 atom stereocenters. The van der Waals surface area contributed by atoms with Crippen molar-refractivity contribution in [2.24, 2.45) is 5.92 Å². The van der Waals surface area contributed by atoms with Crippen molar-refractivity contribution >= 4 is 11.6 Å². The first-order valence-electron chi connectivity index (χ1n) is 8.41. The number of rotatable bonds is 8. The van der Waals surface area contributed by atoms with Crippen LogP contribution in [-0.2, 0) is 0 Å². The van der Waals surface area contributed by atoms with Crippen LogP contribution in [0.5, 0.6) is 0 Å². The van der Waals surface area contributed by atoms with Crippen LogP contribution in [0.1, 0.15) is 62.2 Å². The van der Waals surface area contributed by atoms with Crippen LogP contribution in [0, 0.1) is 5.92 Å². The quantitative estimate of drug-likeness (QED) is 0.704. The Morgan fingerprint density at radius 1 is 1.14 bits per heavy atom. The summed E-state index contributed by atoms with van der Waals surface area (Å²) in [6.07, 6.45) is 9.04. The Hall–Kier alpha value is -1.51. The zero-order valence-electron chi connectivity index (χ0n) is 13.2. The molecule has 1 amide bonds. The summed E-state index contributed by atoms with van der Waals surface area (Å²) in [5.74, 6) is 0.953. The van der Waals surface area contributed by atoms with E-state index < -0.39 is 0 Å². The molecule has 1 saturated carbocycles. The lowest BCUT2D eigenvalue weighted by Gasteiger charge is -2.10. The van der Waals surface area contributed by atoms with Crippen LogP contribution in [0.4, 0.5) is 5.69 Å². The molecule has 1 aliphatic rings. The largest absolute Gasteiger partial charge is 0.385 e. The average molecular weight is 288 g/mol. The molecule has 0 heterocycles. The van der Waals surface area contributed by atoms with Crippen LogP contribution in [0.3, 0.4) is 0 Å². The highest BCUT2D eigenvalue weighted by molar-refractivity contribution is 5.94. The zero-order valence-corrected chi connectivity index (χ0v) is 13.2. The molecule has 2 rings (SSSR count). The van der Waals surface area contributed by atoms with Crippen LogP contribution < -0.4 is 10.6 Å². The van der Waals surface area contributed by atoms with E-state index in [0.717, 1.165) is 43.1 Å². The summed E-state index contributed by atoms with van der Waals surface area (Å²) in [5.41, 5.74) is 1.83. The number of amides is 1. The lowest BCUT2D eigenvalue weighted by atomic mass is 10.0. The standard InChI is InChI=1S/C18H28N2O/c1-2-13-19-17-11-9-16(10-12-17)18(21)20-14-5-8-15-6-3-4-7-15/h9-12,15,19H,2-8,13-14H2,1H3,(H,20,21). The molecule has 1 aromatic rings. The number of anilines is 1. The van der Waals surface area contributed by atoms with E-state index >= 15 is 0 Å². The average Bonchev–Trinajstić information content (AvgIpc) is 3.03. The maximum absolute atomic E-state index is 12.0. The number of nitrogens with one attached hydrogen (secondary N) is 2. The van der Waals surface area contributed by atoms with Gasteiger partial charge < -0.3 is 10.6 Å². The van der Waals surface area contributed by atoms with Crippen molar-refractivity contribution in [3.8, 4) is 0 Å². The Bertz CT molecular complexity index is 421. The van der Waals surface area contributed by atoms with Crippen LogP contribution in [-0.4, -0.2) is 19.0 Å². The second-order valence-corrected chi connectivity index (χ2v) is 6.05. The van der Waals surface area contributed by atoms with E-state index in [9.17, 15) is 4.79 Å². The van der Waals surface area contributed by atoms with E-state index in [1.807, 2.05) is 24.3 Å². The SMILES string of the molecule is CCCNc1ccc(C(=O)NCCCC2CCCC2)cc1. The van der Waals surface area contributed by atoms with Gasteiger partial charge >= 0.3 is 0 Å². The van der Waals surface area contributed by atoms with Crippen LogP contribution >= 0.6 is 0 Å². The second-order valence-electron chi connectivity index (χ2n) is 6.05. The minimum Gasteiger partial charge on any atom is -0.385 e. The van der Waals surface area contributed by atoms with E-state index in [0.29, 0.717) is 0 Å². The zero-order chi connectivity index (χ0) is 14.9. The molecule has 1 aromatic carbocycles. The van der Waals surface area contributed by atoms with Crippen molar-refractivity contribution in [3.63, 3.8) is 0 Å². The molecule has 0 aliphatic heterocycles. The van der Waals surface area contributed by atoms with Gasteiger partial charge in [-0.1, -0.05) is 32.6 Å². The Balaban J connectivity index is 1.67. The molecule has 0 spiro atoms. The topological polar surface area (TPSA) is 41.1 Å². The van der Waals surface area contributed by atoms with E-state index in [-0.39, 0.29) is 5.91 Å². The van der Waals surface area contributed by atoms with Crippen LogP contribution in [0.25, 0.3) is 0 Å². The first kappa shape index (κ1) is 15.9. The van der Waals surface area contributed by atoms with Gasteiger partial charge in [-0.15, -0.1) is 0 Å². The van der Waals surface area contributed by atoms with Crippen molar-refractivity contribution in [2.45, 2.75) is 51.9 Å². The summed E-state index contributed by atoms with van der Waals surface area (Å²) in [7, 11) is 0. The lowest BCUT2D eigenvalue weighted by molar-refractivity contribution is 0.0952. The van der Waals surface area contributed by atoms with Crippen molar-refractivity contribution < 1.29 is 4.79 Å². The molecule has 0 unspecified atom stereocenters. The van der Waals surface area contributed by atoms with Crippen molar-refractivity contribution in [1.82, 2.24) is 5.32 Å². The van der Waals surface area contributed by atoms with Gasteiger partial charge in [-0.3, -0.25) is 4.79 Å². The third-order valence-corrected chi connectivity index (χ3v) is 4.28. The molecule has 1 fully saturated rings. The molecule has 0 radical (unpaired) electrons. The van der Waals surface area contributed by atoms with E-state index in [1.54, 1.807) is 0 Å². The molecule has 21 heavy (non-hydrogen) atoms. The Labute approximate surface area is 128 Å². The molecule has 0 aromatic heterocycles. The van der Waals surface area contributed by atoms with Gasteiger partial charge in [-0.05, 0) is 49.4 Å². The summed E-state index contributed by atoms with van der Waals surface area (Å²) in [4.78, 5) is 12.0. The predicted octanol–water partition coefficient (Wildman–Crippen LogP) is 4.21. The molecular weight excluding hydrogens is 260 g/mol. The summed E-state index contributed by atoms with van der Waals surface area (Å²) >= 11 is 0. The highest BCUT2D eigenvalue weighted by atomic mass is 16.1. The summed E-state index contributed by atoms with van der Waals surface area (Å²) in [6, 6.07) is 7.74. The Kier molecular flexibility index (Phi) is 6.58. The third kappa shape index (κ3) is 5.41. The van der Waals surface area contributed by atoms with E-state index in [2.05, 4.69) is 17.6 Å². The van der Waals surface area contributed by atoms with Gasteiger partial charge in [0.1, 0.15) is 0 Å². The van der Waals surface area contributed by atoms with Gasteiger partial charge in [0.2, 0.25) is 0 Å². The Morgan fingerprint density at radius 3 is 2.52 bits per heavy atom. The molecule has 0 saturated heterocycles. The summed E-state index contributed by atoms with van der Waals surface area (Å²) < 4.78 is 0. The maximum Gasteiger partial charge on any atom is 0.251 e. The third-order valence-electron chi connectivity index (χ3n) is 4.28. The first-order chi connectivity index (χ1) is 10.3. The highest BCUT2D eigenvalue weighted by Crippen LogP contribution is 2.28. The number of hydrogen-bond donors (Lipinski definition) is 2. The fourth-order valence-electron chi connectivity index (χ4n) is 3.00. The van der Waals surface area contributed by atoms with Crippen LogP contribution in [0.2, 0.25) is 0 Å². The van der Waals surface area contributed by atoms with Gasteiger partial charge in [0.15, 0.2) is 0 Å². The minimum atomic E-state index is 0.0449. The van der Waals surface area contributed by atoms with Crippen molar-refractivity contribution in [2.75, 3.05) is 18.4 Å². The highest BCUT2D eigenvalue weighted by Gasteiger charge is 2.14. The first-order valence-corrected chi connectivity index (χ1v) is 8.41. The van der Waals surface area contributed by atoms with Gasteiger partial charge in [0.25, 0.3) is 5.91 Å².